The summed E-state index contributed by atoms with van der Waals surface area (Å²) in [5.41, 5.74) is 5.09. The third-order valence-corrected chi connectivity index (χ3v) is 4.29. The lowest BCUT2D eigenvalue weighted by Crippen LogP contribution is -2.44. The fourth-order valence-corrected chi connectivity index (χ4v) is 3.21. The number of hydrogen-bond donors (Lipinski definition) is 2. The zero-order valence-electron chi connectivity index (χ0n) is 15.2. The molecule has 1 unspecified atom stereocenters. The normalized spacial score (nSPS) is 13.5. The molecule has 0 saturated heterocycles. The molecule has 0 aliphatic heterocycles. The van der Waals surface area contributed by atoms with Gasteiger partial charge in [-0.3, -0.25) is 0 Å². The minimum atomic E-state index is -1.08. The molecule has 0 bridgehead atoms. The van der Waals surface area contributed by atoms with E-state index in [4.69, 9.17) is 4.74 Å². The minimum absolute atomic E-state index is 0.207. The van der Waals surface area contributed by atoms with Gasteiger partial charge in [0.2, 0.25) is 0 Å². The zero-order valence-corrected chi connectivity index (χ0v) is 15.2. The van der Waals surface area contributed by atoms with Crippen molar-refractivity contribution in [2.45, 2.75) is 45.3 Å². The van der Waals surface area contributed by atoms with Crippen molar-refractivity contribution in [3.63, 3.8) is 0 Å². The molecule has 136 valence electrons. The largest absolute Gasteiger partial charge is 0.480 e. The van der Waals surface area contributed by atoms with Crippen LogP contribution in [0.4, 0.5) is 4.79 Å². The molecule has 2 N–H and O–H groups in total. The number of aliphatic carboxylic acids is 1. The maximum absolute atomic E-state index is 11.9. The number of hydrogen-bond acceptors (Lipinski definition) is 3. The quantitative estimate of drug-likeness (QED) is 0.748. The van der Waals surface area contributed by atoms with Crippen LogP contribution in [0.1, 0.15) is 37.5 Å². The summed E-state index contributed by atoms with van der Waals surface area (Å²) in [6, 6.07) is 13.2. The summed E-state index contributed by atoms with van der Waals surface area (Å²) < 4.78 is 5.16. The van der Waals surface area contributed by atoms with Crippen LogP contribution in [0.25, 0.3) is 11.1 Å². The van der Waals surface area contributed by atoms with Crippen molar-refractivity contribution >= 4 is 12.1 Å². The van der Waals surface area contributed by atoms with Crippen LogP contribution in [-0.4, -0.2) is 28.8 Å². The van der Waals surface area contributed by atoms with Gasteiger partial charge in [-0.25, -0.2) is 9.59 Å². The number of benzene rings is 2. The highest BCUT2D eigenvalue weighted by atomic mass is 16.6. The van der Waals surface area contributed by atoms with Gasteiger partial charge in [0, 0.05) is 6.42 Å². The van der Waals surface area contributed by atoms with Crippen LogP contribution in [-0.2, 0) is 22.4 Å². The lowest BCUT2D eigenvalue weighted by molar-refractivity contribution is -0.139. The molecule has 5 nitrogen and oxygen atoms in total. The van der Waals surface area contributed by atoms with Crippen LogP contribution in [0, 0.1) is 0 Å². The molecule has 2 aromatic rings. The fraction of sp³-hybridized carbons (Fsp3) is 0.333. The van der Waals surface area contributed by atoms with Crippen LogP contribution in [0.5, 0.6) is 0 Å². The van der Waals surface area contributed by atoms with Gasteiger partial charge in [-0.05, 0) is 55.0 Å². The van der Waals surface area contributed by atoms with Gasteiger partial charge in [-0.15, -0.1) is 0 Å². The van der Waals surface area contributed by atoms with Crippen LogP contribution >= 0.6 is 0 Å². The lowest BCUT2D eigenvalue weighted by atomic mass is 9.99. The Morgan fingerprint density at radius 2 is 1.81 bits per heavy atom. The number of alkyl carbamates (subject to hydrolysis) is 1. The molecular weight excluding hydrogens is 330 g/mol. The fourth-order valence-electron chi connectivity index (χ4n) is 3.21. The first-order valence-corrected chi connectivity index (χ1v) is 8.65. The molecule has 0 spiro atoms. The highest BCUT2D eigenvalue weighted by Gasteiger charge is 2.25. The number of nitrogens with one attached hydrogen (secondary N) is 1. The van der Waals surface area contributed by atoms with Crippen LogP contribution < -0.4 is 5.32 Å². The predicted octanol–water partition coefficient (Wildman–Crippen LogP) is 3.78. The van der Waals surface area contributed by atoms with E-state index in [1.54, 1.807) is 20.8 Å². The average molecular weight is 353 g/mol. The first-order chi connectivity index (χ1) is 12.2. The van der Waals surface area contributed by atoms with Crippen molar-refractivity contribution in [3.05, 3.63) is 59.2 Å². The second kappa shape index (κ2) is 6.83. The van der Waals surface area contributed by atoms with Gasteiger partial charge in [0.15, 0.2) is 0 Å². The Balaban J connectivity index is 1.74. The van der Waals surface area contributed by atoms with Crippen molar-refractivity contribution in [1.82, 2.24) is 5.32 Å². The highest BCUT2D eigenvalue weighted by molar-refractivity contribution is 5.81. The predicted molar refractivity (Wildman–Crippen MR) is 99.2 cm³/mol. The van der Waals surface area contributed by atoms with E-state index in [2.05, 4.69) is 17.4 Å². The number of carboxylic acids is 1. The lowest BCUT2D eigenvalue weighted by Gasteiger charge is -2.22. The van der Waals surface area contributed by atoms with Crippen molar-refractivity contribution in [2.24, 2.45) is 0 Å². The third kappa shape index (κ3) is 4.04. The second-order valence-electron chi connectivity index (χ2n) is 7.57. The van der Waals surface area contributed by atoms with Gasteiger partial charge in [0.1, 0.15) is 11.6 Å². The Hall–Kier alpha value is -2.82. The van der Waals surface area contributed by atoms with Gasteiger partial charge in [0.05, 0.1) is 0 Å². The van der Waals surface area contributed by atoms with Gasteiger partial charge in [-0.2, -0.15) is 0 Å². The Kier molecular flexibility index (Phi) is 4.72. The van der Waals surface area contributed by atoms with E-state index < -0.39 is 23.7 Å². The summed E-state index contributed by atoms with van der Waals surface area (Å²) in [7, 11) is 0. The van der Waals surface area contributed by atoms with E-state index in [1.807, 2.05) is 30.3 Å². The number of carboxylic acid groups (broad SMARTS) is 1. The van der Waals surface area contributed by atoms with E-state index in [-0.39, 0.29) is 6.42 Å². The van der Waals surface area contributed by atoms with Crippen LogP contribution in [0.15, 0.2) is 42.5 Å². The molecule has 1 aliphatic rings. The van der Waals surface area contributed by atoms with Crippen molar-refractivity contribution in [2.75, 3.05) is 0 Å². The smallest absolute Gasteiger partial charge is 0.408 e. The molecule has 5 heteroatoms. The Morgan fingerprint density at radius 3 is 2.50 bits per heavy atom. The molecule has 3 rings (SSSR count). The number of rotatable bonds is 4. The first-order valence-electron chi connectivity index (χ1n) is 8.65. The summed E-state index contributed by atoms with van der Waals surface area (Å²) in [5.74, 6) is -1.08. The third-order valence-electron chi connectivity index (χ3n) is 4.29. The number of fused-ring (bicyclic) bond motifs is 3. The first kappa shape index (κ1) is 18.0. The average Bonchev–Trinajstić information content (AvgIpc) is 2.90. The molecule has 26 heavy (non-hydrogen) atoms. The highest BCUT2D eigenvalue weighted by Crippen LogP contribution is 2.36. The summed E-state index contributed by atoms with van der Waals surface area (Å²) in [6.07, 6.45) is 0.327. The van der Waals surface area contributed by atoms with Gasteiger partial charge in [0.25, 0.3) is 0 Å². The maximum atomic E-state index is 11.9. The summed E-state index contributed by atoms with van der Waals surface area (Å²) in [5, 5.41) is 11.9. The molecule has 1 aliphatic carbocycles. The number of carbonyl (C=O) groups excluding carboxylic acids is 1. The van der Waals surface area contributed by atoms with Crippen molar-refractivity contribution < 1.29 is 19.4 Å². The second-order valence-corrected chi connectivity index (χ2v) is 7.57. The minimum Gasteiger partial charge on any atom is -0.480 e. The molecule has 0 radical (unpaired) electrons. The summed E-state index contributed by atoms with van der Waals surface area (Å²) in [6.45, 7) is 5.21. The summed E-state index contributed by atoms with van der Waals surface area (Å²) >= 11 is 0. The molecule has 1 amide bonds. The Bertz CT molecular complexity index is 851. The van der Waals surface area contributed by atoms with E-state index in [0.717, 1.165) is 12.0 Å². The molecular formula is C21H23NO4. The van der Waals surface area contributed by atoms with Gasteiger partial charge in [-0.1, -0.05) is 42.5 Å². The molecule has 0 saturated carbocycles. The SMILES string of the molecule is CC(C)(C)OC(=O)NC(Cc1ccc2c(c1)Cc1ccccc1-2)C(=O)O. The van der Waals surface area contributed by atoms with E-state index in [1.165, 1.54) is 22.3 Å². The standard InChI is InChI=1S/C21H23NO4/c1-21(2,3)26-20(25)22-18(19(23)24)11-13-8-9-17-15(10-13)12-14-6-4-5-7-16(14)17/h4-10,18H,11-12H2,1-3H3,(H,22,25)(H,23,24). The molecule has 1 atom stereocenters. The van der Waals surface area contributed by atoms with Crippen LogP contribution in [0.2, 0.25) is 0 Å². The number of ether oxygens (including phenoxy) is 1. The topological polar surface area (TPSA) is 75.6 Å². The number of amides is 1. The van der Waals surface area contributed by atoms with E-state index in [0.29, 0.717) is 0 Å². The van der Waals surface area contributed by atoms with E-state index in [9.17, 15) is 14.7 Å². The Labute approximate surface area is 153 Å². The molecule has 2 aromatic carbocycles. The van der Waals surface area contributed by atoms with Crippen molar-refractivity contribution in [3.8, 4) is 11.1 Å². The molecule has 0 heterocycles. The number of carbonyl (C=O) groups is 2. The Morgan fingerprint density at radius 1 is 1.12 bits per heavy atom. The zero-order chi connectivity index (χ0) is 18.9. The van der Waals surface area contributed by atoms with Crippen molar-refractivity contribution in [1.29, 1.82) is 0 Å². The molecule has 0 fully saturated rings. The van der Waals surface area contributed by atoms with Gasteiger partial charge >= 0.3 is 12.1 Å². The van der Waals surface area contributed by atoms with E-state index >= 15 is 0 Å². The molecule has 0 aromatic heterocycles. The summed E-state index contributed by atoms with van der Waals surface area (Å²) in [4.78, 5) is 23.5. The maximum Gasteiger partial charge on any atom is 0.408 e. The van der Waals surface area contributed by atoms with Gasteiger partial charge < -0.3 is 15.2 Å². The monoisotopic (exact) mass is 353 g/mol. The van der Waals surface area contributed by atoms with Crippen LogP contribution in [0.3, 0.4) is 0 Å².